The second kappa shape index (κ2) is 6.23. The van der Waals surface area contributed by atoms with Gasteiger partial charge in [0.05, 0.1) is 5.25 Å². The second-order valence-corrected chi connectivity index (χ2v) is 8.44. The Morgan fingerprint density at radius 1 is 1.16 bits per heavy atom. The van der Waals surface area contributed by atoms with Crippen molar-refractivity contribution in [1.29, 1.82) is 0 Å². The predicted molar refractivity (Wildman–Crippen MR) is 85.4 cm³/mol. The van der Waals surface area contributed by atoms with E-state index in [2.05, 4.69) is 11.9 Å². The molecule has 1 saturated carbocycles. The van der Waals surface area contributed by atoms with Crippen molar-refractivity contribution in [1.82, 2.24) is 9.97 Å². The van der Waals surface area contributed by atoms with Gasteiger partial charge in [0.15, 0.2) is 0 Å². The van der Waals surface area contributed by atoms with Gasteiger partial charge in [-0.1, -0.05) is 31.4 Å². The highest BCUT2D eigenvalue weighted by molar-refractivity contribution is 8.06. The first kappa shape index (κ1) is 14.0. The topological polar surface area (TPSA) is 25.8 Å². The molecule has 0 aromatic carbocycles. The van der Waals surface area contributed by atoms with E-state index in [1.807, 2.05) is 29.6 Å². The van der Waals surface area contributed by atoms with Crippen molar-refractivity contribution in [2.75, 3.05) is 11.5 Å². The molecule has 1 aliphatic heterocycles. The van der Waals surface area contributed by atoms with E-state index >= 15 is 0 Å². The number of halogens is 1. The van der Waals surface area contributed by atoms with Crippen LogP contribution in [-0.2, 0) is 0 Å². The molecule has 0 amide bonds. The number of nitrogens with zero attached hydrogens (tertiary/aromatic N) is 2. The molecule has 0 radical (unpaired) electrons. The van der Waals surface area contributed by atoms with E-state index in [-0.39, 0.29) is 0 Å². The molecule has 5 heteroatoms. The van der Waals surface area contributed by atoms with Gasteiger partial charge in [-0.2, -0.15) is 11.8 Å². The smallest absolute Gasteiger partial charge is 0.144 e. The summed E-state index contributed by atoms with van der Waals surface area (Å²) >= 11 is 10.2. The number of hydrogen-bond donors (Lipinski definition) is 0. The summed E-state index contributed by atoms with van der Waals surface area (Å²) < 4.78 is 0. The molecule has 2 fully saturated rings. The van der Waals surface area contributed by atoms with Gasteiger partial charge < -0.3 is 0 Å². The van der Waals surface area contributed by atoms with Crippen LogP contribution in [0.15, 0.2) is 6.07 Å². The monoisotopic (exact) mass is 314 g/mol. The molecular weight excluding hydrogens is 296 g/mol. The summed E-state index contributed by atoms with van der Waals surface area (Å²) in [5.74, 6) is 3.99. The Kier molecular flexibility index (Phi) is 4.60. The number of rotatable bonds is 2. The molecule has 104 valence electrons. The maximum absolute atomic E-state index is 6.23. The average molecular weight is 315 g/mol. The Balaban J connectivity index is 1.88. The summed E-state index contributed by atoms with van der Waals surface area (Å²) in [6.07, 6.45) is 5.17. The highest BCUT2D eigenvalue weighted by Crippen LogP contribution is 2.42. The van der Waals surface area contributed by atoms with Crippen LogP contribution in [-0.4, -0.2) is 26.7 Å². The van der Waals surface area contributed by atoms with Crippen molar-refractivity contribution in [2.45, 2.75) is 49.0 Å². The molecule has 3 rings (SSSR count). The molecule has 0 spiro atoms. The van der Waals surface area contributed by atoms with Gasteiger partial charge in [0.25, 0.3) is 0 Å². The van der Waals surface area contributed by atoms with Crippen molar-refractivity contribution in [3.05, 3.63) is 22.7 Å². The summed E-state index contributed by atoms with van der Waals surface area (Å²) in [6, 6.07) is 1.98. The first-order valence-electron chi connectivity index (χ1n) is 7.01. The number of thioether (sulfide) groups is 2. The fraction of sp³-hybridized carbons (Fsp3) is 0.714. The third kappa shape index (κ3) is 3.22. The van der Waals surface area contributed by atoms with Crippen LogP contribution in [0.5, 0.6) is 0 Å². The van der Waals surface area contributed by atoms with Gasteiger partial charge in [0.2, 0.25) is 0 Å². The lowest BCUT2D eigenvalue weighted by Crippen LogP contribution is -2.19. The van der Waals surface area contributed by atoms with Crippen LogP contribution in [0.25, 0.3) is 0 Å². The Morgan fingerprint density at radius 2 is 1.89 bits per heavy atom. The molecule has 2 unspecified atom stereocenters. The molecule has 0 bridgehead atoms. The Morgan fingerprint density at radius 3 is 2.63 bits per heavy atom. The lowest BCUT2D eigenvalue weighted by atomic mass is 10.0. The van der Waals surface area contributed by atoms with Gasteiger partial charge in [-0.05, 0) is 18.9 Å². The summed E-state index contributed by atoms with van der Waals surface area (Å²) in [5, 5.41) is 1.60. The minimum absolute atomic E-state index is 0.401. The number of hydrogen-bond acceptors (Lipinski definition) is 4. The van der Waals surface area contributed by atoms with E-state index in [9.17, 15) is 0 Å². The lowest BCUT2D eigenvalue weighted by molar-refractivity contribution is 0.678. The zero-order valence-corrected chi connectivity index (χ0v) is 13.5. The van der Waals surface area contributed by atoms with Crippen LogP contribution in [0, 0.1) is 0 Å². The minimum atomic E-state index is 0.401. The van der Waals surface area contributed by atoms with Crippen molar-refractivity contribution < 1.29 is 0 Å². The Bertz CT molecular complexity index is 449. The van der Waals surface area contributed by atoms with Crippen LogP contribution >= 0.6 is 35.1 Å². The first-order valence-corrected chi connectivity index (χ1v) is 9.49. The molecule has 2 atom stereocenters. The summed E-state index contributed by atoms with van der Waals surface area (Å²) in [6.45, 7) is 2.28. The van der Waals surface area contributed by atoms with Gasteiger partial charge in [-0.25, -0.2) is 9.97 Å². The van der Waals surface area contributed by atoms with Crippen LogP contribution in [0.2, 0.25) is 5.15 Å². The quantitative estimate of drug-likeness (QED) is 0.739. The summed E-state index contributed by atoms with van der Waals surface area (Å²) in [4.78, 5) is 9.36. The molecule has 1 aromatic rings. The first-order chi connectivity index (χ1) is 9.24. The molecule has 0 N–H and O–H groups in total. The third-order valence-electron chi connectivity index (χ3n) is 3.95. The van der Waals surface area contributed by atoms with Gasteiger partial charge in [-0.3, -0.25) is 0 Å². The molecule has 2 aliphatic rings. The van der Waals surface area contributed by atoms with Crippen molar-refractivity contribution in [3.63, 3.8) is 0 Å². The average Bonchev–Trinajstić information content (AvgIpc) is 2.92. The zero-order chi connectivity index (χ0) is 13.2. The fourth-order valence-corrected chi connectivity index (χ4v) is 5.82. The zero-order valence-electron chi connectivity index (χ0n) is 11.1. The van der Waals surface area contributed by atoms with Crippen molar-refractivity contribution in [3.8, 4) is 0 Å². The molecule has 1 saturated heterocycles. The molecule has 2 heterocycles. The van der Waals surface area contributed by atoms with E-state index < -0.39 is 0 Å². The normalized spacial score (nSPS) is 28.7. The third-order valence-corrected chi connectivity index (χ3v) is 7.23. The maximum atomic E-state index is 6.23. The summed E-state index contributed by atoms with van der Waals surface area (Å²) in [7, 11) is 0. The van der Waals surface area contributed by atoms with Crippen molar-refractivity contribution in [2.24, 2.45) is 0 Å². The highest BCUT2D eigenvalue weighted by Gasteiger charge is 2.28. The SMILES string of the molecule is CC1SCCSC1c1nc(Cl)cc(C2CCCC2)n1. The van der Waals surface area contributed by atoms with Crippen LogP contribution in [0.4, 0.5) is 0 Å². The fourth-order valence-electron chi connectivity index (χ4n) is 2.93. The minimum Gasteiger partial charge on any atom is -0.236 e. The molecule has 2 nitrogen and oxygen atoms in total. The second-order valence-electron chi connectivity index (χ2n) is 5.32. The van der Waals surface area contributed by atoms with Gasteiger partial charge in [0, 0.05) is 28.4 Å². The van der Waals surface area contributed by atoms with Gasteiger partial charge in [-0.15, -0.1) is 11.8 Å². The Hall–Kier alpha value is 0.0700. The molecule has 1 aliphatic carbocycles. The van der Waals surface area contributed by atoms with E-state index in [0.717, 1.165) is 5.82 Å². The van der Waals surface area contributed by atoms with Gasteiger partial charge >= 0.3 is 0 Å². The van der Waals surface area contributed by atoms with Crippen molar-refractivity contribution >= 4 is 35.1 Å². The molecule has 1 aromatic heterocycles. The highest BCUT2D eigenvalue weighted by atomic mass is 35.5. The van der Waals surface area contributed by atoms with E-state index in [1.165, 1.54) is 42.9 Å². The number of aromatic nitrogens is 2. The van der Waals surface area contributed by atoms with E-state index in [0.29, 0.717) is 21.6 Å². The van der Waals surface area contributed by atoms with E-state index in [1.54, 1.807) is 0 Å². The summed E-state index contributed by atoms with van der Waals surface area (Å²) in [5.41, 5.74) is 1.18. The predicted octanol–water partition coefficient (Wildman–Crippen LogP) is 4.70. The molecule has 19 heavy (non-hydrogen) atoms. The van der Waals surface area contributed by atoms with E-state index in [4.69, 9.17) is 16.6 Å². The van der Waals surface area contributed by atoms with Crippen LogP contribution < -0.4 is 0 Å². The Labute approximate surface area is 128 Å². The lowest BCUT2D eigenvalue weighted by Gasteiger charge is -2.27. The maximum Gasteiger partial charge on any atom is 0.144 e. The largest absolute Gasteiger partial charge is 0.236 e. The molecular formula is C14H19ClN2S2. The van der Waals surface area contributed by atoms with Crippen LogP contribution in [0.3, 0.4) is 0 Å². The van der Waals surface area contributed by atoms with Crippen LogP contribution in [0.1, 0.15) is 55.3 Å². The standard InChI is InChI=1S/C14H19ClN2S2/c1-9-13(19-7-6-18-9)14-16-11(8-12(15)17-14)10-4-2-3-5-10/h8-10,13H,2-7H2,1H3. The van der Waals surface area contributed by atoms with Gasteiger partial charge in [0.1, 0.15) is 11.0 Å².